The maximum Gasteiger partial charge on any atom is 0.207 e. The summed E-state index contributed by atoms with van der Waals surface area (Å²) < 4.78 is 25.9. The fourth-order valence-electron chi connectivity index (χ4n) is 3.45. The number of pyridine rings is 2. The van der Waals surface area contributed by atoms with E-state index in [-0.39, 0.29) is 0 Å². The molecule has 0 N–H and O–H groups in total. The van der Waals surface area contributed by atoms with Crippen LogP contribution in [-0.4, -0.2) is 18.4 Å². The number of benzene rings is 2. The Hall–Kier alpha value is -3.31. The zero-order valence-electron chi connectivity index (χ0n) is 14.2. The maximum absolute atomic E-state index is 12.9. The minimum absolute atomic E-state index is 0.343. The number of sulfone groups is 1. The van der Waals surface area contributed by atoms with Crippen molar-refractivity contribution >= 4 is 9.84 Å². The summed E-state index contributed by atoms with van der Waals surface area (Å²) in [6.07, 6.45) is 3.46. The average molecular weight is 370 g/mol. The van der Waals surface area contributed by atoms with Crippen molar-refractivity contribution in [3.63, 3.8) is 0 Å². The zero-order valence-corrected chi connectivity index (χ0v) is 15.0. The second-order valence-electron chi connectivity index (χ2n) is 6.36. The molecule has 5 rings (SSSR count). The third-order valence-electron chi connectivity index (χ3n) is 4.75. The molecule has 0 saturated heterocycles. The van der Waals surface area contributed by atoms with Gasteiger partial charge in [0.15, 0.2) is 0 Å². The zero-order chi connectivity index (χ0) is 18.4. The lowest BCUT2D eigenvalue weighted by atomic mass is 9.99. The van der Waals surface area contributed by atoms with E-state index in [2.05, 4.69) is 9.97 Å². The fraction of sp³-hybridized carbons (Fsp3) is 0. The molecule has 2 aromatic heterocycles. The summed E-state index contributed by atoms with van der Waals surface area (Å²) in [4.78, 5) is 9.43. The number of hydrogen-bond donors (Lipinski definition) is 0. The van der Waals surface area contributed by atoms with Gasteiger partial charge in [0.2, 0.25) is 9.84 Å². The van der Waals surface area contributed by atoms with Gasteiger partial charge in [0.05, 0.1) is 21.2 Å². The molecule has 130 valence electrons. The predicted octanol–water partition coefficient (Wildman–Crippen LogP) is 4.62. The smallest absolute Gasteiger partial charge is 0.207 e. The van der Waals surface area contributed by atoms with Crippen LogP contribution in [0.5, 0.6) is 0 Å². The van der Waals surface area contributed by atoms with Gasteiger partial charge in [-0.15, -0.1) is 0 Å². The SMILES string of the molecule is O=S1(=O)c2ccc(-c3ccccn3)cc2-c2cc(-c3ccccn3)ccc21. The van der Waals surface area contributed by atoms with E-state index in [1.54, 1.807) is 24.5 Å². The van der Waals surface area contributed by atoms with Gasteiger partial charge in [-0.3, -0.25) is 9.97 Å². The highest BCUT2D eigenvalue weighted by molar-refractivity contribution is 7.92. The molecule has 0 saturated carbocycles. The molecule has 0 atom stereocenters. The van der Waals surface area contributed by atoms with E-state index >= 15 is 0 Å². The Kier molecular flexibility index (Phi) is 3.45. The molecular formula is C22H14N2O2S. The number of fused-ring (bicyclic) bond motifs is 3. The van der Waals surface area contributed by atoms with Crippen LogP contribution >= 0.6 is 0 Å². The number of hydrogen-bond acceptors (Lipinski definition) is 4. The summed E-state index contributed by atoms with van der Waals surface area (Å²) >= 11 is 0. The molecule has 4 nitrogen and oxygen atoms in total. The van der Waals surface area contributed by atoms with Gasteiger partial charge in [0.25, 0.3) is 0 Å². The standard InChI is InChI=1S/C22H14N2O2S/c25-27(26)21-9-7-15(19-5-1-3-11-23-19)13-17(21)18-14-16(8-10-22(18)27)20-6-2-4-12-24-20/h1-14H. The minimum Gasteiger partial charge on any atom is -0.256 e. The largest absolute Gasteiger partial charge is 0.256 e. The van der Waals surface area contributed by atoms with E-state index in [1.165, 1.54) is 0 Å². The summed E-state index contributed by atoms with van der Waals surface area (Å²) in [5.41, 5.74) is 4.83. The average Bonchev–Trinajstić information content (AvgIpc) is 2.96. The summed E-state index contributed by atoms with van der Waals surface area (Å²) in [6, 6.07) is 22.2. The minimum atomic E-state index is -3.50. The Bertz CT molecular complexity index is 1170. The number of rotatable bonds is 2. The van der Waals surface area contributed by atoms with E-state index in [9.17, 15) is 8.42 Å². The van der Waals surface area contributed by atoms with Gasteiger partial charge in [-0.05, 0) is 48.5 Å². The van der Waals surface area contributed by atoms with Crippen molar-refractivity contribution in [2.75, 3.05) is 0 Å². The molecule has 0 unspecified atom stereocenters. The number of nitrogens with zero attached hydrogens (tertiary/aromatic N) is 2. The summed E-state index contributed by atoms with van der Waals surface area (Å²) in [5, 5.41) is 0. The van der Waals surface area contributed by atoms with Gasteiger partial charge in [0.1, 0.15) is 0 Å². The third kappa shape index (κ3) is 2.47. The van der Waals surface area contributed by atoms with Crippen LogP contribution < -0.4 is 0 Å². The van der Waals surface area contributed by atoms with Gasteiger partial charge in [-0.25, -0.2) is 8.42 Å². The molecular weight excluding hydrogens is 356 g/mol. The van der Waals surface area contributed by atoms with Crippen molar-refractivity contribution in [2.24, 2.45) is 0 Å². The van der Waals surface area contributed by atoms with E-state index in [1.807, 2.05) is 60.7 Å². The monoisotopic (exact) mass is 370 g/mol. The topological polar surface area (TPSA) is 59.9 Å². The highest BCUT2D eigenvalue weighted by Crippen LogP contribution is 2.45. The first-order valence-corrected chi connectivity index (χ1v) is 9.99. The van der Waals surface area contributed by atoms with Crippen molar-refractivity contribution in [2.45, 2.75) is 9.79 Å². The molecule has 4 aromatic rings. The second kappa shape index (κ2) is 5.86. The highest BCUT2D eigenvalue weighted by atomic mass is 32.2. The molecule has 0 radical (unpaired) electrons. The molecule has 0 bridgehead atoms. The van der Waals surface area contributed by atoms with E-state index in [0.717, 1.165) is 22.5 Å². The van der Waals surface area contributed by atoms with Crippen LogP contribution in [0.3, 0.4) is 0 Å². The van der Waals surface area contributed by atoms with E-state index in [0.29, 0.717) is 20.9 Å². The lowest BCUT2D eigenvalue weighted by molar-refractivity contribution is 0.598. The van der Waals surface area contributed by atoms with Gasteiger partial charge >= 0.3 is 0 Å². The Morgan fingerprint density at radius 1 is 0.593 bits per heavy atom. The van der Waals surface area contributed by atoms with Crippen LogP contribution in [0.25, 0.3) is 33.6 Å². The van der Waals surface area contributed by atoms with Crippen molar-refractivity contribution in [3.05, 3.63) is 85.2 Å². The Labute approximate surface area is 157 Å². The lowest BCUT2D eigenvalue weighted by Gasteiger charge is -2.06. The van der Waals surface area contributed by atoms with Gasteiger partial charge in [0, 0.05) is 34.6 Å². The van der Waals surface area contributed by atoms with Crippen LogP contribution in [-0.2, 0) is 9.84 Å². The van der Waals surface area contributed by atoms with Crippen molar-refractivity contribution in [1.82, 2.24) is 9.97 Å². The quantitative estimate of drug-likeness (QED) is 0.455. The first kappa shape index (κ1) is 15.9. The number of aromatic nitrogens is 2. The van der Waals surface area contributed by atoms with E-state index in [4.69, 9.17) is 0 Å². The predicted molar refractivity (Wildman–Crippen MR) is 104 cm³/mol. The van der Waals surface area contributed by atoms with Gasteiger partial charge in [-0.2, -0.15) is 0 Å². The first-order valence-electron chi connectivity index (χ1n) is 8.51. The van der Waals surface area contributed by atoms with Crippen molar-refractivity contribution < 1.29 is 8.42 Å². The van der Waals surface area contributed by atoms with E-state index < -0.39 is 9.84 Å². The lowest BCUT2D eigenvalue weighted by Crippen LogP contribution is -1.96. The molecule has 0 amide bonds. The molecule has 27 heavy (non-hydrogen) atoms. The van der Waals surface area contributed by atoms with Crippen molar-refractivity contribution in [3.8, 4) is 33.6 Å². The molecule has 5 heteroatoms. The molecule has 1 aliphatic heterocycles. The summed E-state index contributed by atoms with van der Waals surface area (Å²) in [7, 11) is -3.50. The van der Waals surface area contributed by atoms with Crippen LogP contribution in [0.2, 0.25) is 0 Å². The Morgan fingerprint density at radius 3 is 1.48 bits per heavy atom. The second-order valence-corrected chi connectivity index (χ2v) is 8.24. The molecule has 0 fully saturated rings. The third-order valence-corrected chi connectivity index (χ3v) is 6.62. The van der Waals surface area contributed by atoms with Crippen molar-refractivity contribution in [1.29, 1.82) is 0 Å². The fourth-order valence-corrected chi connectivity index (χ4v) is 5.10. The molecule has 3 heterocycles. The molecule has 1 aliphatic rings. The molecule has 0 aliphatic carbocycles. The summed E-state index contributed by atoms with van der Waals surface area (Å²) in [5.74, 6) is 0. The first-order chi connectivity index (χ1) is 13.1. The van der Waals surface area contributed by atoms with Crippen LogP contribution in [0.15, 0.2) is 95.0 Å². The van der Waals surface area contributed by atoms with Gasteiger partial charge in [-0.1, -0.05) is 24.3 Å². The normalized spacial score (nSPS) is 13.8. The van der Waals surface area contributed by atoms with Crippen LogP contribution in [0.4, 0.5) is 0 Å². The maximum atomic E-state index is 12.9. The molecule has 0 spiro atoms. The Morgan fingerprint density at radius 2 is 1.07 bits per heavy atom. The van der Waals surface area contributed by atoms with Crippen LogP contribution in [0.1, 0.15) is 0 Å². The molecule has 2 aromatic carbocycles. The highest BCUT2D eigenvalue weighted by Gasteiger charge is 2.33. The Balaban J connectivity index is 1.74. The summed E-state index contributed by atoms with van der Waals surface area (Å²) in [6.45, 7) is 0. The van der Waals surface area contributed by atoms with Crippen LogP contribution in [0, 0.1) is 0 Å². The van der Waals surface area contributed by atoms with Gasteiger partial charge < -0.3 is 0 Å².